The van der Waals surface area contributed by atoms with Crippen LogP contribution in [-0.2, 0) is 11.3 Å². The number of benzene rings is 2. The number of hydrogen-bond acceptors (Lipinski definition) is 2. The Morgan fingerprint density at radius 2 is 1.93 bits per heavy atom. The van der Waals surface area contributed by atoms with E-state index in [-0.39, 0.29) is 17.5 Å². The molecule has 27 heavy (non-hydrogen) atoms. The molecule has 3 heteroatoms. The summed E-state index contributed by atoms with van der Waals surface area (Å²) >= 11 is 0. The van der Waals surface area contributed by atoms with Crippen molar-refractivity contribution in [2.45, 2.75) is 51.9 Å². The number of nitrogens with one attached hydrogen (secondary N) is 1. The number of hydrogen-bond donors (Lipinski definition) is 1. The van der Waals surface area contributed by atoms with Crippen molar-refractivity contribution < 1.29 is 9.13 Å². The summed E-state index contributed by atoms with van der Waals surface area (Å²) in [5, 5.41) is 3.28. The van der Waals surface area contributed by atoms with Crippen molar-refractivity contribution in [3.8, 4) is 0 Å². The van der Waals surface area contributed by atoms with Gasteiger partial charge in [0, 0.05) is 18.2 Å². The summed E-state index contributed by atoms with van der Waals surface area (Å²) in [7, 11) is 0. The second-order valence-electron chi connectivity index (χ2n) is 8.47. The molecule has 0 radical (unpaired) electrons. The molecule has 1 aliphatic carbocycles. The molecule has 1 fully saturated rings. The Labute approximate surface area is 161 Å². The topological polar surface area (TPSA) is 21.3 Å². The summed E-state index contributed by atoms with van der Waals surface area (Å²) in [5.41, 5.74) is 4.59. The van der Waals surface area contributed by atoms with Gasteiger partial charge in [-0.2, -0.15) is 0 Å². The fraction of sp³-hybridized carbons (Fsp3) is 0.417. The molecule has 1 N–H and O–H groups in total. The van der Waals surface area contributed by atoms with Gasteiger partial charge < -0.3 is 10.1 Å². The standard InChI is InChI=1S/C24H28FNO/c1-16-7-12-19-13-22(16)23(27-24(19,2)3)18-10-8-17(9-11-18)15-26-21-6-4-5-20(25)14-21/h4-11,14,19,22-23,26H,12-13,15H2,1-3H3/t19-,22-,23+/m1/s1. The lowest BCUT2D eigenvalue weighted by Gasteiger charge is -2.49. The third kappa shape index (κ3) is 3.79. The van der Waals surface area contributed by atoms with Crippen LogP contribution in [0.1, 0.15) is 50.8 Å². The highest BCUT2D eigenvalue weighted by molar-refractivity contribution is 5.44. The Balaban J connectivity index is 1.48. The molecule has 2 aliphatic rings. The highest BCUT2D eigenvalue weighted by Crippen LogP contribution is 2.50. The Bertz CT molecular complexity index is 840. The van der Waals surface area contributed by atoms with E-state index in [1.807, 2.05) is 6.07 Å². The fourth-order valence-electron chi connectivity index (χ4n) is 4.43. The van der Waals surface area contributed by atoms with Gasteiger partial charge in [0.05, 0.1) is 11.7 Å². The van der Waals surface area contributed by atoms with E-state index >= 15 is 0 Å². The Kier molecular flexibility index (Phi) is 4.81. The second-order valence-corrected chi connectivity index (χ2v) is 8.47. The van der Waals surface area contributed by atoms with Crippen LogP contribution in [0.5, 0.6) is 0 Å². The molecular weight excluding hydrogens is 337 g/mol. The van der Waals surface area contributed by atoms with Crippen LogP contribution in [0.3, 0.4) is 0 Å². The lowest BCUT2D eigenvalue weighted by Crippen LogP contribution is -2.45. The van der Waals surface area contributed by atoms with E-state index in [2.05, 4.69) is 56.4 Å². The van der Waals surface area contributed by atoms with E-state index in [0.717, 1.165) is 12.1 Å². The number of anilines is 1. The molecule has 0 unspecified atom stereocenters. The summed E-state index contributed by atoms with van der Waals surface area (Å²) < 4.78 is 19.9. The summed E-state index contributed by atoms with van der Waals surface area (Å²) in [6, 6.07) is 15.2. The van der Waals surface area contributed by atoms with Crippen molar-refractivity contribution in [1.82, 2.24) is 0 Å². The summed E-state index contributed by atoms with van der Waals surface area (Å²) in [5.74, 6) is 0.867. The monoisotopic (exact) mass is 365 g/mol. The molecule has 0 spiro atoms. The van der Waals surface area contributed by atoms with Crippen LogP contribution in [0.15, 0.2) is 60.2 Å². The smallest absolute Gasteiger partial charge is 0.125 e. The molecule has 3 atom stereocenters. The van der Waals surface area contributed by atoms with Gasteiger partial charge >= 0.3 is 0 Å². The molecule has 0 saturated carbocycles. The molecule has 142 valence electrons. The van der Waals surface area contributed by atoms with Gasteiger partial charge in [-0.25, -0.2) is 4.39 Å². The minimum absolute atomic E-state index is 0.0873. The average Bonchev–Trinajstić information content (AvgIpc) is 2.65. The molecule has 4 rings (SSSR count). The normalized spacial score (nSPS) is 26.4. The molecular formula is C24H28FNO. The summed E-state index contributed by atoms with van der Waals surface area (Å²) in [6.07, 6.45) is 4.88. The molecule has 1 heterocycles. The first-order valence-corrected chi connectivity index (χ1v) is 9.85. The van der Waals surface area contributed by atoms with Gasteiger partial charge in [0.1, 0.15) is 5.82 Å². The number of fused-ring (bicyclic) bond motifs is 2. The highest BCUT2D eigenvalue weighted by atomic mass is 19.1. The van der Waals surface area contributed by atoms with Crippen LogP contribution in [0, 0.1) is 17.7 Å². The lowest BCUT2D eigenvalue weighted by molar-refractivity contribution is -0.166. The Morgan fingerprint density at radius 1 is 1.15 bits per heavy atom. The predicted octanol–water partition coefficient (Wildman–Crippen LogP) is 6.26. The predicted molar refractivity (Wildman–Crippen MR) is 108 cm³/mol. The molecule has 1 aliphatic heterocycles. The van der Waals surface area contributed by atoms with Gasteiger partial charge in [-0.05, 0) is 68.9 Å². The maximum Gasteiger partial charge on any atom is 0.125 e. The zero-order valence-electron chi connectivity index (χ0n) is 16.3. The minimum atomic E-state index is -0.221. The zero-order chi connectivity index (χ0) is 19.0. The van der Waals surface area contributed by atoms with Crippen LogP contribution in [0.4, 0.5) is 10.1 Å². The molecule has 2 aromatic carbocycles. The number of allylic oxidation sites excluding steroid dienone is 1. The van der Waals surface area contributed by atoms with Gasteiger partial charge in [0.15, 0.2) is 0 Å². The van der Waals surface area contributed by atoms with Gasteiger partial charge in [0.2, 0.25) is 0 Å². The van der Waals surface area contributed by atoms with Crippen LogP contribution in [0.25, 0.3) is 0 Å². The van der Waals surface area contributed by atoms with E-state index in [0.29, 0.717) is 18.4 Å². The first kappa shape index (κ1) is 18.2. The maximum atomic E-state index is 13.3. The van der Waals surface area contributed by atoms with Crippen LogP contribution in [0.2, 0.25) is 0 Å². The van der Waals surface area contributed by atoms with Gasteiger partial charge in [0.25, 0.3) is 0 Å². The first-order valence-electron chi connectivity index (χ1n) is 9.85. The van der Waals surface area contributed by atoms with Crippen molar-refractivity contribution in [2.24, 2.45) is 11.8 Å². The number of rotatable bonds is 4. The highest BCUT2D eigenvalue weighted by Gasteiger charge is 2.45. The third-order valence-electron chi connectivity index (χ3n) is 6.26. The molecule has 2 bridgehead atoms. The first-order chi connectivity index (χ1) is 12.9. The van der Waals surface area contributed by atoms with E-state index in [4.69, 9.17) is 4.74 Å². The Morgan fingerprint density at radius 3 is 2.67 bits per heavy atom. The molecule has 0 amide bonds. The summed E-state index contributed by atoms with van der Waals surface area (Å²) in [4.78, 5) is 0. The molecule has 1 saturated heterocycles. The minimum Gasteiger partial charge on any atom is -0.381 e. The fourth-order valence-corrected chi connectivity index (χ4v) is 4.43. The van der Waals surface area contributed by atoms with Crippen molar-refractivity contribution in [3.63, 3.8) is 0 Å². The van der Waals surface area contributed by atoms with Crippen LogP contribution < -0.4 is 5.32 Å². The SMILES string of the molecule is CC1=CC[C@@H]2C[C@H]1[C@H](c1ccc(CNc3cccc(F)c3)cc1)OC2(C)C. The molecule has 0 aromatic heterocycles. The molecule has 2 aromatic rings. The maximum absolute atomic E-state index is 13.3. The largest absolute Gasteiger partial charge is 0.381 e. The zero-order valence-corrected chi connectivity index (χ0v) is 16.3. The van der Waals surface area contributed by atoms with E-state index in [1.54, 1.807) is 6.07 Å². The van der Waals surface area contributed by atoms with E-state index < -0.39 is 0 Å². The van der Waals surface area contributed by atoms with Crippen molar-refractivity contribution >= 4 is 5.69 Å². The number of ether oxygens (including phenoxy) is 1. The van der Waals surface area contributed by atoms with Crippen LogP contribution >= 0.6 is 0 Å². The lowest BCUT2D eigenvalue weighted by atomic mass is 9.69. The van der Waals surface area contributed by atoms with Crippen molar-refractivity contribution in [2.75, 3.05) is 5.32 Å². The second kappa shape index (κ2) is 7.12. The molecule has 2 nitrogen and oxygen atoms in total. The van der Waals surface area contributed by atoms with Crippen LogP contribution in [-0.4, -0.2) is 5.60 Å². The average molecular weight is 365 g/mol. The summed E-state index contributed by atoms with van der Waals surface area (Å²) in [6.45, 7) is 7.37. The van der Waals surface area contributed by atoms with Crippen molar-refractivity contribution in [3.05, 3.63) is 77.1 Å². The quantitative estimate of drug-likeness (QED) is 0.646. The van der Waals surface area contributed by atoms with Gasteiger partial charge in [-0.3, -0.25) is 0 Å². The van der Waals surface area contributed by atoms with Crippen molar-refractivity contribution in [1.29, 1.82) is 0 Å². The third-order valence-corrected chi connectivity index (χ3v) is 6.26. The van der Waals surface area contributed by atoms with E-state index in [1.165, 1.54) is 35.3 Å². The Hall–Kier alpha value is -2.13. The van der Waals surface area contributed by atoms with Gasteiger partial charge in [-0.15, -0.1) is 0 Å². The van der Waals surface area contributed by atoms with Gasteiger partial charge in [-0.1, -0.05) is 42.0 Å². The number of halogens is 1. The van der Waals surface area contributed by atoms with E-state index in [9.17, 15) is 4.39 Å².